The van der Waals surface area contributed by atoms with Crippen LogP contribution < -0.4 is 5.73 Å². The van der Waals surface area contributed by atoms with E-state index in [1.165, 1.54) is 0 Å². The van der Waals surface area contributed by atoms with E-state index in [1.807, 2.05) is 19.9 Å². The van der Waals surface area contributed by atoms with Gasteiger partial charge in [0, 0.05) is 12.6 Å². The van der Waals surface area contributed by atoms with Gasteiger partial charge in [0.05, 0.1) is 19.0 Å². The SMILES string of the molecule is CC(C)N(CCC#N)C(=O)CN. The van der Waals surface area contributed by atoms with Gasteiger partial charge in [-0.2, -0.15) is 5.26 Å². The van der Waals surface area contributed by atoms with E-state index in [1.54, 1.807) is 4.90 Å². The summed E-state index contributed by atoms with van der Waals surface area (Å²) in [5.74, 6) is -0.0970. The summed E-state index contributed by atoms with van der Waals surface area (Å²) in [4.78, 5) is 12.8. The Morgan fingerprint density at radius 1 is 1.67 bits per heavy atom. The van der Waals surface area contributed by atoms with Gasteiger partial charge >= 0.3 is 0 Å². The molecule has 1 amide bonds. The summed E-state index contributed by atoms with van der Waals surface area (Å²) in [6, 6.07) is 2.12. The highest BCUT2D eigenvalue weighted by Gasteiger charge is 2.13. The Hall–Kier alpha value is -1.08. The quantitative estimate of drug-likeness (QED) is 0.648. The van der Waals surface area contributed by atoms with Crippen molar-refractivity contribution in [3.05, 3.63) is 0 Å². The van der Waals surface area contributed by atoms with Crippen molar-refractivity contribution in [2.45, 2.75) is 26.3 Å². The van der Waals surface area contributed by atoms with E-state index in [-0.39, 0.29) is 18.5 Å². The van der Waals surface area contributed by atoms with Crippen LogP contribution in [0.3, 0.4) is 0 Å². The van der Waals surface area contributed by atoms with E-state index in [2.05, 4.69) is 0 Å². The smallest absolute Gasteiger partial charge is 0.236 e. The van der Waals surface area contributed by atoms with E-state index < -0.39 is 0 Å². The van der Waals surface area contributed by atoms with Crippen molar-refractivity contribution in [3.8, 4) is 6.07 Å². The average molecular weight is 169 g/mol. The number of nitriles is 1. The molecule has 0 spiro atoms. The third-order valence-corrected chi connectivity index (χ3v) is 1.58. The van der Waals surface area contributed by atoms with Gasteiger partial charge in [0.25, 0.3) is 0 Å². The molecule has 2 N–H and O–H groups in total. The zero-order valence-electron chi connectivity index (χ0n) is 7.58. The molecule has 0 rings (SSSR count). The van der Waals surface area contributed by atoms with Crippen LogP contribution in [0, 0.1) is 11.3 Å². The van der Waals surface area contributed by atoms with E-state index in [9.17, 15) is 4.79 Å². The van der Waals surface area contributed by atoms with Crippen LogP contribution in [0.4, 0.5) is 0 Å². The molecule has 12 heavy (non-hydrogen) atoms. The number of hydrogen-bond acceptors (Lipinski definition) is 3. The van der Waals surface area contributed by atoms with Gasteiger partial charge in [-0.05, 0) is 13.8 Å². The fraction of sp³-hybridized carbons (Fsp3) is 0.750. The second-order valence-corrected chi connectivity index (χ2v) is 2.79. The summed E-state index contributed by atoms with van der Waals surface area (Å²) in [5, 5.41) is 8.33. The molecule has 0 aliphatic heterocycles. The molecule has 68 valence electrons. The van der Waals surface area contributed by atoms with Gasteiger partial charge in [0.1, 0.15) is 0 Å². The van der Waals surface area contributed by atoms with Crippen molar-refractivity contribution in [2.24, 2.45) is 5.73 Å². The number of nitrogens with zero attached hydrogens (tertiary/aromatic N) is 2. The van der Waals surface area contributed by atoms with Crippen molar-refractivity contribution in [1.82, 2.24) is 4.90 Å². The van der Waals surface area contributed by atoms with Crippen molar-refractivity contribution in [2.75, 3.05) is 13.1 Å². The molecule has 0 fully saturated rings. The third-order valence-electron chi connectivity index (χ3n) is 1.58. The van der Waals surface area contributed by atoms with Crippen LogP contribution in [0.5, 0.6) is 0 Å². The highest BCUT2D eigenvalue weighted by molar-refractivity contribution is 5.78. The minimum Gasteiger partial charge on any atom is -0.338 e. The summed E-state index contributed by atoms with van der Waals surface area (Å²) in [7, 11) is 0. The normalized spacial score (nSPS) is 9.58. The van der Waals surface area contributed by atoms with Gasteiger partial charge in [-0.1, -0.05) is 0 Å². The lowest BCUT2D eigenvalue weighted by Crippen LogP contribution is -2.41. The molecule has 0 saturated heterocycles. The summed E-state index contributed by atoms with van der Waals surface area (Å²) >= 11 is 0. The Kier molecular flexibility index (Phi) is 5.06. The molecule has 0 aliphatic rings. The first kappa shape index (κ1) is 10.9. The van der Waals surface area contributed by atoms with Crippen LogP contribution in [0.15, 0.2) is 0 Å². The Labute approximate surface area is 72.9 Å². The first-order valence-electron chi connectivity index (χ1n) is 4.00. The van der Waals surface area contributed by atoms with Crippen LogP contribution in [0.2, 0.25) is 0 Å². The van der Waals surface area contributed by atoms with Gasteiger partial charge in [0.2, 0.25) is 5.91 Å². The molecule has 0 atom stereocenters. The topological polar surface area (TPSA) is 70.1 Å². The molecule has 0 aromatic rings. The molecule has 0 radical (unpaired) electrons. The van der Waals surface area contributed by atoms with E-state index in [4.69, 9.17) is 11.0 Å². The highest BCUT2D eigenvalue weighted by atomic mass is 16.2. The van der Waals surface area contributed by atoms with E-state index >= 15 is 0 Å². The lowest BCUT2D eigenvalue weighted by Gasteiger charge is -2.24. The maximum atomic E-state index is 11.2. The zero-order valence-corrected chi connectivity index (χ0v) is 7.58. The standard InChI is InChI=1S/C8H15N3O/c1-7(2)11(5-3-4-9)8(12)6-10/h7H,3,5-6,10H2,1-2H3. The largest absolute Gasteiger partial charge is 0.338 e. The van der Waals surface area contributed by atoms with Gasteiger partial charge in [-0.15, -0.1) is 0 Å². The minimum absolute atomic E-state index is 0.0175. The van der Waals surface area contributed by atoms with Crippen LogP contribution in [0.1, 0.15) is 20.3 Å². The van der Waals surface area contributed by atoms with E-state index in [0.717, 1.165) is 0 Å². The molecule has 4 nitrogen and oxygen atoms in total. The molecule has 0 heterocycles. The van der Waals surface area contributed by atoms with Gasteiger partial charge in [0.15, 0.2) is 0 Å². The molecular formula is C8H15N3O. The maximum absolute atomic E-state index is 11.2. The van der Waals surface area contributed by atoms with Crippen molar-refractivity contribution in [1.29, 1.82) is 5.26 Å². The fourth-order valence-electron chi connectivity index (χ4n) is 0.959. The third kappa shape index (κ3) is 3.35. The second kappa shape index (κ2) is 5.56. The molecule has 0 aromatic heterocycles. The summed E-state index contributed by atoms with van der Waals surface area (Å²) < 4.78 is 0. The first-order valence-corrected chi connectivity index (χ1v) is 4.00. The molecular weight excluding hydrogens is 154 g/mol. The van der Waals surface area contributed by atoms with Crippen LogP contribution in [0.25, 0.3) is 0 Å². The predicted octanol–water partition coefficient (Wildman–Crippen LogP) is 0.0958. The molecule has 0 bridgehead atoms. The number of nitrogens with two attached hydrogens (primary N) is 1. The summed E-state index contributed by atoms with van der Waals surface area (Å²) in [6.45, 7) is 4.31. The molecule has 0 saturated carbocycles. The number of hydrogen-bond donors (Lipinski definition) is 1. The van der Waals surface area contributed by atoms with E-state index in [0.29, 0.717) is 13.0 Å². The number of carbonyl (C=O) groups excluding carboxylic acids is 1. The van der Waals surface area contributed by atoms with Gasteiger partial charge in [-0.25, -0.2) is 0 Å². The van der Waals surface area contributed by atoms with Crippen LogP contribution in [-0.4, -0.2) is 29.9 Å². The fourth-order valence-corrected chi connectivity index (χ4v) is 0.959. The predicted molar refractivity (Wildman–Crippen MR) is 46.1 cm³/mol. The molecule has 4 heteroatoms. The Bertz CT molecular complexity index is 183. The lowest BCUT2D eigenvalue weighted by molar-refractivity contribution is -0.131. The highest BCUT2D eigenvalue weighted by Crippen LogP contribution is 1.99. The van der Waals surface area contributed by atoms with Gasteiger partial charge in [-0.3, -0.25) is 4.79 Å². The maximum Gasteiger partial charge on any atom is 0.236 e. The minimum atomic E-state index is -0.0970. The number of amides is 1. The van der Waals surface area contributed by atoms with Crippen LogP contribution >= 0.6 is 0 Å². The lowest BCUT2D eigenvalue weighted by atomic mass is 10.3. The monoisotopic (exact) mass is 169 g/mol. The zero-order chi connectivity index (χ0) is 9.56. The number of carbonyl (C=O) groups is 1. The second-order valence-electron chi connectivity index (χ2n) is 2.79. The van der Waals surface area contributed by atoms with Crippen LogP contribution in [-0.2, 0) is 4.79 Å². The Morgan fingerprint density at radius 2 is 2.25 bits per heavy atom. The van der Waals surface area contributed by atoms with Crippen molar-refractivity contribution >= 4 is 5.91 Å². The molecule has 0 aliphatic carbocycles. The van der Waals surface area contributed by atoms with Gasteiger partial charge < -0.3 is 10.6 Å². The molecule has 0 unspecified atom stereocenters. The van der Waals surface area contributed by atoms with Crippen molar-refractivity contribution in [3.63, 3.8) is 0 Å². The van der Waals surface area contributed by atoms with Crippen molar-refractivity contribution < 1.29 is 4.79 Å². The molecule has 0 aromatic carbocycles. The Balaban J connectivity index is 4.06. The summed E-state index contributed by atoms with van der Waals surface area (Å²) in [6.07, 6.45) is 0.365. The summed E-state index contributed by atoms with van der Waals surface area (Å²) in [5.41, 5.74) is 5.21. The first-order chi connectivity index (χ1) is 5.63. The average Bonchev–Trinajstić information content (AvgIpc) is 2.04. The Morgan fingerprint density at radius 3 is 2.58 bits per heavy atom. The number of rotatable bonds is 4.